The molecule has 1 unspecified atom stereocenters. The number of aromatic hydroxyl groups is 1. The number of esters is 1. The van der Waals surface area contributed by atoms with E-state index >= 15 is 0 Å². The van der Waals surface area contributed by atoms with Crippen LogP contribution in [0, 0.1) is 11.3 Å². The van der Waals surface area contributed by atoms with E-state index < -0.39 is 47.4 Å². The van der Waals surface area contributed by atoms with Crippen molar-refractivity contribution < 1.29 is 38.5 Å². The van der Waals surface area contributed by atoms with Crippen molar-refractivity contribution in [2.24, 2.45) is 11.3 Å². The predicted octanol–water partition coefficient (Wildman–Crippen LogP) is 5.55. The van der Waals surface area contributed by atoms with E-state index in [9.17, 15) is 24.3 Å². The number of rotatable bonds is 9. The summed E-state index contributed by atoms with van der Waals surface area (Å²) in [6, 6.07) is 10.7. The Morgan fingerprint density at radius 2 is 1.90 bits per heavy atom. The van der Waals surface area contributed by atoms with E-state index in [4.69, 9.17) is 14.2 Å². The van der Waals surface area contributed by atoms with E-state index in [1.54, 1.807) is 32.5 Å². The maximum atomic E-state index is 14.6. The van der Waals surface area contributed by atoms with Gasteiger partial charge in [0, 0.05) is 74.5 Å². The quantitative estimate of drug-likeness (QED) is 0.182. The average Bonchev–Trinajstić information content (AvgIpc) is 3.88. The van der Waals surface area contributed by atoms with Crippen LogP contribution in [-0.2, 0) is 59.4 Å². The third kappa shape index (κ3) is 9.31. The number of carbonyl (C=O) groups excluding carboxylic acids is 4. The zero-order valence-electron chi connectivity index (χ0n) is 36.5. The number of hydrogen-bond acceptors (Lipinski definition) is 10. The molecule has 5 heterocycles. The Bertz CT molecular complexity index is 2280. The van der Waals surface area contributed by atoms with Crippen molar-refractivity contribution >= 4 is 34.6 Å². The Morgan fingerprint density at radius 3 is 2.62 bits per heavy atom. The van der Waals surface area contributed by atoms with Crippen LogP contribution in [0.15, 0.2) is 54.9 Å². The van der Waals surface area contributed by atoms with Crippen molar-refractivity contribution in [3.8, 4) is 28.1 Å². The Hall–Kier alpha value is -5.31. The van der Waals surface area contributed by atoms with Crippen molar-refractivity contribution in [1.82, 2.24) is 30.2 Å². The van der Waals surface area contributed by atoms with Crippen LogP contribution in [0.5, 0.6) is 5.75 Å². The summed E-state index contributed by atoms with van der Waals surface area (Å²) in [5, 5.41) is 16.7. The largest absolute Gasteiger partial charge is 0.508 e. The molecule has 61 heavy (non-hydrogen) atoms. The average molecular weight is 837 g/mol. The van der Waals surface area contributed by atoms with Gasteiger partial charge in [0.25, 0.3) is 11.8 Å². The molecule has 6 bridgehead atoms. The third-order valence-corrected chi connectivity index (χ3v) is 12.2. The van der Waals surface area contributed by atoms with Crippen molar-refractivity contribution in [1.29, 1.82) is 0 Å². The molecule has 4 aromatic rings. The van der Waals surface area contributed by atoms with Gasteiger partial charge < -0.3 is 34.1 Å². The molecule has 0 radical (unpaired) electrons. The summed E-state index contributed by atoms with van der Waals surface area (Å²) >= 11 is 0. The van der Waals surface area contributed by atoms with Crippen LogP contribution in [0.3, 0.4) is 0 Å². The molecule has 14 heteroatoms. The summed E-state index contributed by atoms with van der Waals surface area (Å²) in [5.41, 5.74) is 9.87. The summed E-state index contributed by atoms with van der Waals surface area (Å²) in [6.45, 7) is 12.0. The van der Waals surface area contributed by atoms with Gasteiger partial charge in [-0.25, -0.2) is 5.43 Å². The van der Waals surface area contributed by atoms with Gasteiger partial charge in [-0.15, -0.1) is 0 Å². The number of nitrogens with zero attached hydrogens (tertiary/aromatic N) is 4. The molecule has 4 atom stereocenters. The molecular formula is C47H60N6O8. The number of likely N-dealkylation sites (N-methyl/N-ethyl adjacent to an activating group) is 1. The number of benzene rings is 2. The van der Waals surface area contributed by atoms with Gasteiger partial charge in [-0.1, -0.05) is 39.8 Å². The molecule has 3 amide bonds. The number of ether oxygens (including phenoxy) is 3. The first kappa shape index (κ1) is 43.8. The first-order valence-corrected chi connectivity index (χ1v) is 21.5. The fourth-order valence-corrected chi connectivity index (χ4v) is 9.25. The van der Waals surface area contributed by atoms with Gasteiger partial charge in [0.05, 0.1) is 18.9 Å². The van der Waals surface area contributed by atoms with Gasteiger partial charge >= 0.3 is 5.97 Å². The maximum Gasteiger partial charge on any atom is 0.324 e. The van der Waals surface area contributed by atoms with E-state index in [-0.39, 0.29) is 30.6 Å². The fourth-order valence-electron chi connectivity index (χ4n) is 9.25. The number of methoxy groups -OCH3 is 1. The van der Waals surface area contributed by atoms with Crippen LogP contribution < -0.4 is 10.7 Å². The van der Waals surface area contributed by atoms with Crippen LogP contribution in [0.25, 0.3) is 33.3 Å². The van der Waals surface area contributed by atoms with Gasteiger partial charge in [0.1, 0.15) is 30.0 Å². The molecule has 2 fully saturated rings. The minimum atomic E-state index is -1.12. The molecule has 3 N–H and O–H groups in total. The molecule has 7 rings (SSSR count). The maximum absolute atomic E-state index is 14.6. The number of aromatic nitrogens is 2. The minimum Gasteiger partial charge on any atom is -0.508 e. The second kappa shape index (κ2) is 18.3. The van der Waals surface area contributed by atoms with E-state index in [2.05, 4.69) is 53.2 Å². The standard InChI is InChI=1S/C47H60N6O8/c1-8-52-39-14-13-30-23-34(39)35(42(52)36-25-48-16-15-31(36)26-59-7)24-47(4,5)27-61-46(58)37-11-9-17-53(50-37)44(56)38(21-29-19-32(30)22-33(54)20-29)49-43(55)41(28(2)3)51(6)45(57)40-12-10-18-60-40/h13-16,19-20,22-23,25,28,37-38,40-41,50,54H,8-12,17-18,21,24,26-27H2,1-7H3,(H,49,55)/t37-,38-,40+,41?/m0/s1. The highest BCUT2D eigenvalue weighted by atomic mass is 16.5. The van der Waals surface area contributed by atoms with Gasteiger partial charge in [-0.3, -0.25) is 29.2 Å². The molecule has 0 aliphatic carbocycles. The van der Waals surface area contributed by atoms with E-state index in [0.29, 0.717) is 57.6 Å². The summed E-state index contributed by atoms with van der Waals surface area (Å²) in [4.78, 5) is 62.2. The van der Waals surface area contributed by atoms with Crippen LogP contribution in [0.2, 0.25) is 0 Å². The molecule has 3 aliphatic heterocycles. The number of carbonyl (C=O) groups is 4. The first-order chi connectivity index (χ1) is 29.2. The topological polar surface area (TPSA) is 165 Å². The van der Waals surface area contributed by atoms with E-state index in [1.165, 1.54) is 9.91 Å². The zero-order valence-corrected chi connectivity index (χ0v) is 36.5. The molecule has 2 aromatic heterocycles. The smallest absolute Gasteiger partial charge is 0.324 e. The number of fused-ring (bicyclic) bond motifs is 6. The molecule has 14 nitrogen and oxygen atoms in total. The first-order valence-electron chi connectivity index (χ1n) is 21.5. The van der Waals surface area contributed by atoms with Crippen molar-refractivity contribution in [2.45, 2.75) is 111 Å². The summed E-state index contributed by atoms with van der Waals surface area (Å²) in [5.74, 6) is -1.96. The molecule has 3 aliphatic rings. The van der Waals surface area contributed by atoms with Crippen molar-refractivity contribution in [3.63, 3.8) is 0 Å². The summed E-state index contributed by atoms with van der Waals surface area (Å²) < 4.78 is 19.7. The highest BCUT2D eigenvalue weighted by molar-refractivity contribution is 5.96. The fraction of sp³-hybridized carbons (Fsp3) is 0.511. The van der Waals surface area contributed by atoms with Crippen LogP contribution >= 0.6 is 0 Å². The molecule has 2 aromatic carbocycles. The molecule has 326 valence electrons. The summed E-state index contributed by atoms with van der Waals surface area (Å²) in [6.07, 6.45) is 5.95. The number of phenolic OH excluding ortho intramolecular Hbond substituents is 1. The number of nitrogens with one attached hydrogen (secondary N) is 2. The van der Waals surface area contributed by atoms with E-state index in [1.807, 2.05) is 38.2 Å². The normalized spacial score (nSPS) is 21.2. The van der Waals surface area contributed by atoms with Gasteiger partial charge in [0.15, 0.2) is 0 Å². The van der Waals surface area contributed by atoms with Crippen LogP contribution in [0.1, 0.15) is 77.0 Å². The van der Waals surface area contributed by atoms with Crippen molar-refractivity contribution in [3.05, 3.63) is 71.5 Å². The monoisotopic (exact) mass is 836 g/mol. The molecular weight excluding hydrogens is 777 g/mol. The molecule has 0 saturated carbocycles. The second-order valence-corrected chi connectivity index (χ2v) is 17.8. The van der Waals surface area contributed by atoms with Crippen LogP contribution in [0.4, 0.5) is 0 Å². The number of hydrazine groups is 1. The van der Waals surface area contributed by atoms with Crippen molar-refractivity contribution in [2.75, 3.05) is 33.9 Å². The highest BCUT2D eigenvalue weighted by Gasteiger charge is 2.39. The number of amides is 3. The number of cyclic esters (lactones) is 1. The van der Waals surface area contributed by atoms with Gasteiger partial charge in [0.2, 0.25) is 5.91 Å². The Kier molecular flexibility index (Phi) is 13.2. The number of hydrogen-bond donors (Lipinski definition) is 3. The Labute approximate surface area is 357 Å². The van der Waals surface area contributed by atoms with Gasteiger partial charge in [-0.05, 0) is 103 Å². The number of phenols is 1. The van der Waals surface area contributed by atoms with E-state index in [0.717, 1.165) is 50.8 Å². The lowest BCUT2D eigenvalue weighted by molar-refractivity contribution is -0.155. The Balaban J connectivity index is 1.34. The highest BCUT2D eigenvalue weighted by Crippen LogP contribution is 2.41. The third-order valence-electron chi connectivity index (χ3n) is 12.2. The SMILES string of the molecule is CCn1c(-c2cnccc2COC)c2c3cc(ccc31)-c1cc(O)cc(c1)C[C@H](NC(=O)C(C(C)C)N(C)C(=O)[C@H]1CCCO1)C(=O)N1CCC[C@H](N1)C(=O)OCC(C)(C)C2. The Morgan fingerprint density at radius 1 is 1.10 bits per heavy atom. The van der Waals surface area contributed by atoms with Crippen LogP contribution in [-0.4, -0.2) is 106 Å². The van der Waals surface area contributed by atoms with Gasteiger partial charge in [-0.2, -0.15) is 0 Å². The summed E-state index contributed by atoms with van der Waals surface area (Å²) in [7, 11) is 3.27. The zero-order chi connectivity index (χ0) is 43.6. The predicted molar refractivity (Wildman–Crippen MR) is 231 cm³/mol. The number of pyridine rings is 1. The lowest BCUT2D eigenvalue weighted by Gasteiger charge is -2.37. The molecule has 0 spiro atoms. The molecule has 2 saturated heterocycles. The lowest BCUT2D eigenvalue weighted by Crippen LogP contribution is -2.62. The number of aryl methyl sites for hydroxylation is 1. The minimum absolute atomic E-state index is 0.00752. The second-order valence-electron chi connectivity index (χ2n) is 17.8. The lowest BCUT2D eigenvalue weighted by atomic mass is 9.84.